The lowest BCUT2D eigenvalue weighted by molar-refractivity contribution is 1.02. The molecule has 0 unspecified atom stereocenters. The summed E-state index contributed by atoms with van der Waals surface area (Å²) in [4.78, 5) is 4.41. The largest absolute Gasteiger partial charge is 0.259 e. The summed E-state index contributed by atoms with van der Waals surface area (Å²) in [7, 11) is 0. The van der Waals surface area contributed by atoms with Crippen molar-refractivity contribution in [3.8, 4) is 28.8 Å². The minimum atomic E-state index is 0.550. The smallest absolute Gasteiger partial charge is 0.183 e. The molecule has 0 saturated carbocycles. The van der Waals surface area contributed by atoms with Gasteiger partial charge in [0.15, 0.2) is 11.6 Å². The molecule has 0 amide bonds. The molecular weight excluding hydrogens is 252 g/mol. The normalized spacial score (nSPS) is 10.2. The highest BCUT2D eigenvalue weighted by Crippen LogP contribution is 2.21. The van der Waals surface area contributed by atoms with E-state index in [0.717, 1.165) is 16.7 Å². The fourth-order valence-corrected chi connectivity index (χ4v) is 1.83. The Bertz CT molecular complexity index is 785. The molecule has 0 bridgehead atoms. The van der Waals surface area contributed by atoms with Crippen molar-refractivity contribution in [2.75, 3.05) is 0 Å². The number of aryl methyl sites for hydroxylation is 1. The fourth-order valence-electron chi connectivity index (χ4n) is 1.83. The number of nitriles is 1. The summed E-state index contributed by atoms with van der Waals surface area (Å²) < 4.78 is 0. The van der Waals surface area contributed by atoms with E-state index in [1.165, 1.54) is 0 Å². The maximum Gasteiger partial charge on any atom is 0.183 e. The number of rotatable bonds is 2. The molecule has 0 radical (unpaired) electrons. The van der Waals surface area contributed by atoms with E-state index in [4.69, 9.17) is 5.26 Å². The van der Waals surface area contributed by atoms with Crippen LogP contribution in [0.2, 0.25) is 0 Å². The Morgan fingerprint density at radius 2 is 2.05 bits per heavy atom. The molecular formula is C14H10N6. The van der Waals surface area contributed by atoms with Gasteiger partial charge in [-0.2, -0.15) is 20.6 Å². The number of aromatic nitrogens is 5. The van der Waals surface area contributed by atoms with Gasteiger partial charge in [-0.15, -0.1) is 0 Å². The third kappa shape index (κ3) is 2.12. The van der Waals surface area contributed by atoms with Crippen molar-refractivity contribution in [3.63, 3.8) is 0 Å². The Morgan fingerprint density at radius 1 is 1.15 bits per heavy atom. The summed E-state index contributed by atoms with van der Waals surface area (Å²) in [5.41, 5.74) is 3.18. The zero-order valence-electron chi connectivity index (χ0n) is 10.7. The van der Waals surface area contributed by atoms with Crippen molar-refractivity contribution in [2.24, 2.45) is 0 Å². The lowest BCUT2D eigenvalue weighted by Gasteiger charge is -1.99. The molecule has 6 nitrogen and oxygen atoms in total. The second-order valence-electron chi connectivity index (χ2n) is 4.28. The monoisotopic (exact) mass is 262 g/mol. The molecule has 3 aromatic rings. The van der Waals surface area contributed by atoms with Gasteiger partial charge in [-0.1, -0.05) is 12.1 Å². The minimum Gasteiger partial charge on any atom is -0.259 e. The van der Waals surface area contributed by atoms with E-state index in [0.29, 0.717) is 17.2 Å². The molecule has 6 heteroatoms. The van der Waals surface area contributed by atoms with Crippen LogP contribution in [0.3, 0.4) is 0 Å². The highest BCUT2D eigenvalue weighted by atomic mass is 15.2. The number of H-pyrrole nitrogens is 1. The van der Waals surface area contributed by atoms with Gasteiger partial charge >= 0.3 is 0 Å². The summed E-state index contributed by atoms with van der Waals surface area (Å²) in [6.45, 7) is 1.90. The Balaban J connectivity index is 2.01. The molecule has 2 aromatic heterocycles. The maximum absolute atomic E-state index is 9.06. The third-order valence-corrected chi connectivity index (χ3v) is 2.96. The molecule has 3 rings (SSSR count). The first kappa shape index (κ1) is 12.0. The minimum absolute atomic E-state index is 0.550. The average Bonchev–Trinajstić information content (AvgIpc) is 2.98. The Hall–Kier alpha value is -3.07. The number of nitrogens with zero attached hydrogens (tertiary/aromatic N) is 5. The van der Waals surface area contributed by atoms with E-state index in [1.54, 1.807) is 24.5 Å². The van der Waals surface area contributed by atoms with Gasteiger partial charge in [-0.3, -0.25) is 5.10 Å². The van der Waals surface area contributed by atoms with E-state index in [9.17, 15) is 0 Å². The Morgan fingerprint density at radius 3 is 2.80 bits per heavy atom. The SMILES string of the molecule is Cc1ccc(-c2nc(-c3ccnnc3)n[nH]2)cc1C#N. The van der Waals surface area contributed by atoms with Crippen molar-refractivity contribution in [1.29, 1.82) is 5.26 Å². The highest BCUT2D eigenvalue weighted by molar-refractivity contribution is 5.62. The van der Waals surface area contributed by atoms with Crippen molar-refractivity contribution < 1.29 is 0 Å². The molecule has 0 atom stereocenters. The number of hydrogen-bond donors (Lipinski definition) is 1. The molecule has 0 aliphatic carbocycles. The second-order valence-corrected chi connectivity index (χ2v) is 4.28. The summed E-state index contributed by atoms with van der Waals surface area (Å²) in [5, 5.41) is 23.6. The Labute approximate surface area is 115 Å². The third-order valence-electron chi connectivity index (χ3n) is 2.96. The molecule has 1 N–H and O–H groups in total. The molecule has 0 aliphatic heterocycles. The molecule has 0 aliphatic rings. The van der Waals surface area contributed by atoms with Gasteiger partial charge in [0.2, 0.25) is 0 Å². The average molecular weight is 262 g/mol. The van der Waals surface area contributed by atoms with Crippen LogP contribution in [-0.4, -0.2) is 25.4 Å². The quantitative estimate of drug-likeness (QED) is 0.763. The van der Waals surface area contributed by atoms with Gasteiger partial charge in [0.1, 0.15) is 0 Å². The summed E-state index contributed by atoms with van der Waals surface area (Å²) in [6.07, 6.45) is 3.19. The molecule has 2 heterocycles. The zero-order chi connectivity index (χ0) is 13.9. The van der Waals surface area contributed by atoms with Gasteiger partial charge in [0.05, 0.1) is 24.0 Å². The molecule has 1 aromatic carbocycles. The zero-order valence-corrected chi connectivity index (χ0v) is 10.7. The van der Waals surface area contributed by atoms with Gasteiger partial charge in [-0.25, -0.2) is 4.98 Å². The van der Waals surface area contributed by atoms with Crippen molar-refractivity contribution in [1.82, 2.24) is 25.4 Å². The lowest BCUT2D eigenvalue weighted by atomic mass is 10.1. The number of nitrogens with one attached hydrogen (secondary N) is 1. The molecule has 0 saturated heterocycles. The summed E-state index contributed by atoms with van der Waals surface area (Å²) >= 11 is 0. The van der Waals surface area contributed by atoms with E-state index >= 15 is 0 Å². The lowest BCUT2D eigenvalue weighted by Crippen LogP contribution is -1.86. The first-order chi connectivity index (χ1) is 9.78. The summed E-state index contributed by atoms with van der Waals surface area (Å²) in [5.74, 6) is 1.17. The van der Waals surface area contributed by atoms with Crippen LogP contribution < -0.4 is 0 Å². The number of aromatic amines is 1. The van der Waals surface area contributed by atoms with Crippen LogP contribution in [0.5, 0.6) is 0 Å². The maximum atomic E-state index is 9.06. The van der Waals surface area contributed by atoms with Crippen LogP contribution in [0.15, 0.2) is 36.7 Å². The summed E-state index contributed by atoms with van der Waals surface area (Å²) in [6, 6.07) is 9.55. The van der Waals surface area contributed by atoms with E-state index in [-0.39, 0.29) is 0 Å². The van der Waals surface area contributed by atoms with Gasteiger partial charge in [-0.05, 0) is 24.6 Å². The van der Waals surface area contributed by atoms with Crippen molar-refractivity contribution in [3.05, 3.63) is 47.8 Å². The predicted molar refractivity (Wildman–Crippen MR) is 72.3 cm³/mol. The van der Waals surface area contributed by atoms with E-state index in [1.807, 2.05) is 19.1 Å². The topological polar surface area (TPSA) is 91.1 Å². The predicted octanol–water partition coefficient (Wildman–Crippen LogP) is 2.11. The second kappa shape index (κ2) is 4.90. The van der Waals surface area contributed by atoms with Gasteiger partial charge < -0.3 is 0 Å². The molecule has 0 spiro atoms. The molecule has 96 valence electrons. The van der Waals surface area contributed by atoms with Gasteiger partial charge in [0, 0.05) is 11.1 Å². The van der Waals surface area contributed by atoms with Crippen molar-refractivity contribution in [2.45, 2.75) is 6.92 Å². The van der Waals surface area contributed by atoms with Crippen LogP contribution in [0.4, 0.5) is 0 Å². The van der Waals surface area contributed by atoms with Crippen LogP contribution in [0, 0.1) is 18.3 Å². The Kier molecular flexibility index (Phi) is 2.94. The van der Waals surface area contributed by atoms with E-state index in [2.05, 4.69) is 31.4 Å². The number of benzene rings is 1. The van der Waals surface area contributed by atoms with Crippen LogP contribution >= 0.6 is 0 Å². The van der Waals surface area contributed by atoms with Crippen LogP contribution in [0.25, 0.3) is 22.8 Å². The van der Waals surface area contributed by atoms with Crippen molar-refractivity contribution >= 4 is 0 Å². The van der Waals surface area contributed by atoms with E-state index < -0.39 is 0 Å². The molecule has 0 fully saturated rings. The highest BCUT2D eigenvalue weighted by Gasteiger charge is 2.09. The van der Waals surface area contributed by atoms with Crippen LogP contribution in [-0.2, 0) is 0 Å². The number of hydrogen-bond acceptors (Lipinski definition) is 5. The van der Waals surface area contributed by atoms with Crippen LogP contribution in [0.1, 0.15) is 11.1 Å². The standard InChI is InChI=1S/C14H10N6/c1-9-2-3-10(6-12(9)7-15)13-18-14(20-19-13)11-4-5-16-17-8-11/h2-6,8H,1H3,(H,18,19,20). The first-order valence-corrected chi connectivity index (χ1v) is 5.98. The fraction of sp³-hybridized carbons (Fsp3) is 0.0714. The molecule has 20 heavy (non-hydrogen) atoms. The first-order valence-electron chi connectivity index (χ1n) is 5.98. The van der Waals surface area contributed by atoms with Gasteiger partial charge in [0.25, 0.3) is 0 Å².